The maximum absolute atomic E-state index is 13.9. The van der Waals surface area contributed by atoms with Crippen LogP contribution < -0.4 is 5.32 Å². The number of rotatable bonds is 5. The van der Waals surface area contributed by atoms with Crippen LogP contribution in [0.4, 0.5) is 8.78 Å². The van der Waals surface area contributed by atoms with Crippen LogP contribution in [0.3, 0.4) is 0 Å². The number of hydrogen-bond acceptors (Lipinski definition) is 1. The lowest BCUT2D eigenvalue weighted by Gasteiger charge is -2.20. The van der Waals surface area contributed by atoms with Crippen molar-refractivity contribution in [2.24, 2.45) is 0 Å². The van der Waals surface area contributed by atoms with Crippen LogP contribution in [0, 0.1) is 18.6 Å². The molecule has 0 aliphatic heterocycles. The van der Waals surface area contributed by atoms with Gasteiger partial charge in [0.05, 0.1) is 0 Å². The van der Waals surface area contributed by atoms with Crippen molar-refractivity contribution < 1.29 is 8.78 Å². The molecule has 0 bridgehead atoms. The highest BCUT2D eigenvalue weighted by Gasteiger charge is 2.16. The van der Waals surface area contributed by atoms with Crippen LogP contribution in [0.2, 0.25) is 0 Å². The zero-order valence-corrected chi connectivity index (χ0v) is 11.8. The molecule has 3 heteroatoms. The second kappa shape index (κ2) is 6.62. The summed E-state index contributed by atoms with van der Waals surface area (Å²) in [6.07, 6.45) is 0.684. The third-order valence-corrected chi connectivity index (χ3v) is 3.47. The van der Waals surface area contributed by atoms with E-state index in [0.717, 1.165) is 12.6 Å². The van der Waals surface area contributed by atoms with Crippen molar-refractivity contribution in [3.63, 3.8) is 0 Å². The summed E-state index contributed by atoms with van der Waals surface area (Å²) in [6, 6.07) is 11.7. The van der Waals surface area contributed by atoms with E-state index in [1.807, 2.05) is 38.1 Å². The van der Waals surface area contributed by atoms with Crippen LogP contribution in [-0.4, -0.2) is 6.54 Å². The van der Waals surface area contributed by atoms with Crippen molar-refractivity contribution >= 4 is 0 Å². The second-order valence-corrected chi connectivity index (χ2v) is 4.91. The number of nitrogens with one attached hydrogen (secondary N) is 1. The average molecular weight is 275 g/mol. The maximum Gasteiger partial charge on any atom is 0.130 e. The SMILES string of the molecule is CCNC(Cc1ccccc1C)c1ccc(F)cc1F. The average Bonchev–Trinajstić information content (AvgIpc) is 2.41. The van der Waals surface area contributed by atoms with E-state index >= 15 is 0 Å². The highest BCUT2D eigenvalue weighted by Crippen LogP contribution is 2.23. The van der Waals surface area contributed by atoms with E-state index in [0.29, 0.717) is 12.0 Å². The van der Waals surface area contributed by atoms with Crippen LogP contribution in [0.1, 0.15) is 29.7 Å². The molecule has 0 spiro atoms. The molecule has 2 rings (SSSR count). The quantitative estimate of drug-likeness (QED) is 0.863. The minimum atomic E-state index is -0.544. The van der Waals surface area contributed by atoms with E-state index in [9.17, 15) is 8.78 Å². The number of hydrogen-bond donors (Lipinski definition) is 1. The highest BCUT2D eigenvalue weighted by atomic mass is 19.1. The van der Waals surface area contributed by atoms with E-state index in [1.165, 1.54) is 23.3 Å². The van der Waals surface area contributed by atoms with Gasteiger partial charge < -0.3 is 5.32 Å². The molecule has 1 atom stereocenters. The molecule has 0 radical (unpaired) electrons. The van der Waals surface area contributed by atoms with Crippen molar-refractivity contribution in [3.05, 3.63) is 70.8 Å². The lowest BCUT2D eigenvalue weighted by molar-refractivity contribution is 0.501. The highest BCUT2D eigenvalue weighted by molar-refractivity contribution is 5.30. The lowest BCUT2D eigenvalue weighted by Crippen LogP contribution is -2.24. The summed E-state index contributed by atoms with van der Waals surface area (Å²) >= 11 is 0. The van der Waals surface area contributed by atoms with Crippen molar-refractivity contribution in [3.8, 4) is 0 Å². The van der Waals surface area contributed by atoms with Gasteiger partial charge in [-0.1, -0.05) is 37.3 Å². The molecule has 106 valence electrons. The predicted molar refractivity (Wildman–Crippen MR) is 77.7 cm³/mol. The van der Waals surface area contributed by atoms with E-state index in [-0.39, 0.29) is 6.04 Å². The number of benzene rings is 2. The molecule has 20 heavy (non-hydrogen) atoms. The molecule has 1 unspecified atom stereocenters. The lowest BCUT2D eigenvalue weighted by atomic mass is 9.95. The summed E-state index contributed by atoms with van der Waals surface area (Å²) < 4.78 is 27.0. The van der Waals surface area contributed by atoms with Crippen LogP contribution in [0.5, 0.6) is 0 Å². The monoisotopic (exact) mass is 275 g/mol. The fourth-order valence-corrected chi connectivity index (χ4v) is 2.38. The third kappa shape index (κ3) is 3.42. The molecule has 0 fully saturated rings. The molecular weight excluding hydrogens is 256 g/mol. The molecule has 0 saturated carbocycles. The molecule has 0 aliphatic carbocycles. The molecule has 0 saturated heterocycles. The Morgan fingerprint density at radius 1 is 1.10 bits per heavy atom. The molecule has 0 amide bonds. The molecule has 0 aromatic heterocycles. The van der Waals surface area contributed by atoms with Gasteiger partial charge in [-0.3, -0.25) is 0 Å². The normalized spacial score (nSPS) is 12.4. The summed E-state index contributed by atoms with van der Waals surface area (Å²) in [5.74, 6) is -1.04. The number of likely N-dealkylation sites (N-methyl/N-ethyl adjacent to an activating group) is 1. The topological polar surface area (TPSA) is 12.0 Å². The molecule has 2 aromatic rings. The molecule has 0 aliphatic rings. The minimum Gasteiger partial charge on any atom is -0.310 e. The third-order valence-electron chi connectivity index (χ3n) is 3.47. The Hall–Kier alpha value is -1.74. The van der Waals surface area contributed by atoms with Gasteiger partial charge in [0.25, 0.3) is 0 Å². The van der Waals surface area contributed by atoms with Crippen molar-refractivity contribution in [2.45, 2.75) is 26.3 Å². The second-order valence-electron chi connectivity index (χ2n) is 4.91. The Kier molecular flexibility index (Phi) is 4.85. The Morgan fingerprint density at radius 3 is 2.50 bits per heavy atom. The molecule has 2 aromatic carbocycles. The van der Waals surface area contributed by atoms with Crippen LogP contribution in [-0.2, 0) is 6.42 Å². The Bertz CT molecular complexity index is 581. The predicted octanol–water partition coefficient (Wildman–Crippen LogP) is 4.17. The first-order valence-corrected chi connectivity index (χ1v) is 6.84. The first-order valence-electron chi connectivity index (χ1n) is 6.84. The number of aryl methyl sites for hydroxylation is 1. The summed E-state index contributed by atoms with van der Waals surface area (Å²) in [6.45, 7) is 4.75. The molecule has 1 nitrogen and oxygen atoms in total. The van der Waals surface area contributed by atoms with Gasteiger partial charge in [0, 0.05) is 17.7 Å². The van der Waals surface area contributed by atoms with Gasteiger partial charge >= 0.3 is 0 Å². The summed E-state index contributed by atoms with van der Waals surface area (Å²) in [7, 11) is 0. The van der Waals surface area contributed by atoms with Gasteiger partial charge in [-0.05, 0) is 37.1 Å². The maximum atomic E-state index is 13.9. The minimum absolute atomic E-state index is 0.151. The zero-order chi connectivity index (χ0) is 14.5. The largest absolute Gasteiger partial charge is 0.310 e. The summed E-state index contributed by atoms with van der Waals surface area (Å²) in [5.41, 5.74) is 2.86. The van der Waals surface area contributed by atoms with Crippen LogP contribution in [0.25, 0.3) is 0 Å². The van der Waals surface area contributed by atoms with E-state index in [2.05, 4.69) is 5.32 Å². The Labute approximate surface area is 118 Å². The Balaban J connectivity index is 2.29. The summed E-state index contributed by atoms with van der Waals surface area (Å²) in [4.78, 5) is 0. The zero-order valence-electron chi connectivity index (χ0n) is 11.8. The molecule has 0 heterocycles. The van der Waals surface area contributed by atoms with Gasteiger partial charge in [0.15, 0.2) is 0 Å². The first kappa shape index (κ1) is 14.7. The van der Waals surface area contributed by atoms with Crippen molar-refractivity contribution in [1.29, 1.82) is 0 Å². The first-order chi connectivity index (χ1) is 9.61. The molecule has 1 N–H and O–H groups in total. The van der Waals surface area contributed by atoms with Gasteiger partial charge in [-0.2, -0.15) is 0 Å². The van der Waals surface area contributed by atoms with Gasteiger partial charge in [-0.15, -0.1) is 0 Å². The van der Waals surface area contributed by atoms with Crippen LogP contribution in [0.15, 0.2) is 42.5 Å². The van der Waals surface area contributed by atoms with Gasteiger partial charge in [0.1, 0.15) is 11.6 Å². The van der Waals surface area contributed by atoms with Gasteiger partial charge in [-0.25, -0.2) is 8.78 Å². The fourth-order valence-electron chi connectivity index (χ4n) is 2.38. The van der Waals surface area contributed by atoms with E-state index in [1.54, 1.807) is 0 Å². The smallest absolute Gasteiger partial charge is 0.130 e. The van der Waals surface area contributed by atoms with Gasteiger partial charge in [0.2, 0.25) is 0 Å². The van der Waals surface area contributed by atoms with Crippen molar-refractivity contribution in [2.75, 3.05) is 6.54 Å². The van der Waals surface area contributed by atoms with E-state index < -0.39 is 11.6 Å². The van der Waals surface area contributed by atoms with Crippen molar-refractivity contribution in [1.82, 2.24) is 5.32 Å². The van der Waals surface area contributed by atoms with Crippen LogP contribution >= 0.6 is 0 Å². The Morgan fingerprint density at radius 2 is 1.85 bits per heavy atom. The fraction of sp³-hybridized carbons (Fsp3) is 0.294. The summed E-state index contributed by atoms with van der Waals surface area (Å²) in [5, 5.41) is 3.27. The standard InChI is InChI=1S/C17H19F2N/c1-3-20-17(10-13-7-5-4-6-12(13)2)15-9-8-14(18)11-16(15)19/h4-9,11,17,20H,3,10H2,1-2H3. The van der Waals surface area contributed by atoms with E-state index in [4.69, 9.17) is 0 Å². The number of halogens is 2. The molecular formula is C17H19F2N.